The van der Waals surface area contributed by atoms with Crippen molar-refractivity contribution in [3.8, 4) is 0 Å². The van der Waals surface area contributed by atoms with Crippen molar-refractivity contribution in [2.75, 3.05) is 19.6 Å². The molecule has 1 N–H and O–H groups in total. The summed E-state index contributed by atoms with van der Waals surface area (Å²) in [6, 6.07) is 0. The highest BCUT2D eigenvalue weighted by Gasteiger charge is 2.09. The lowest BCUT2D eigenvalue weighted by Gasteiger charge is -2.21. The normalized spacial score (nSPS) is 16.8. The van der Waals surface area contributed by atoms with Crippen LogP contribution in [0.5, 0.6) is 0 Å². The van der Waals surface area contributed by atoms with Gasteiger partial charge in [0.2, 0.25) is 0 Å². The zero-order valence-electron chi connectivity index (χ0n) is 9.78. The van der Waals surface area contributed by atoms with Crippen molar-refractivity contribution in [2.24, 2.45) is 0 Å². The monoisotopic (exact) mass is 237 g/mol. The van der Waals surface area contributed by atoms with Gasteiger partial charge in [-0.15, -0.1) is 11.3 Å². The zero-order valence-corrected chi connectivity index (χ0v) is 10.6. The standard InChI is InChI=1S/C12H19N3S/c1-2-13-8-12-14-11(10-16-12)9-15-6-4-3-5-7-15/h3-4,10,13H,2,5-9H2,1H3. The molecule has 0 radical (unpaired) electrons. The molecule has 1 aromatic rings. The van der Waals surface area contributed by atoms with Crippen LogP contribution in [-0.4, -0.2) is 29.5 Å². The summed E-state index contributed by atoms with van der Waals surface area (Å²) in [5.74, 6) is 0. The lowest BCUT2D eigenvalue weighted by atomic mass is 10.2. The van der Waals surface area contributed by atoms with Gasteiger partial charge in [0.1, 0.15) is 5.01 Å². The van der Waals surface area contributed by atoms with Gasteiger partial charge in [-0.25, -0.2) is 4.98 Å². The Morgan fingerprint density at radius 1 is 1.50 bits per heavy atom. The van der Waals surface area contributed by atoms with E-state index < -0.39 is 0 Å². The minimum Gasteiger partial charge on any atom is -0.311 e. The van der Waals surface area contributed by atoms with Crippen LogP contribution in [0.2, 0.25) is 0 Å². The Morgan fingerprint density at radius 3 is 3.19 bits per heavy atom. The fourth-order valence-corrected chi connectivity index (χ4v) is 2.55. The summed E-state index contributed by atoms with van der Waals surface area (Å²) in [6.45, 7) is 7.26. The van der Waals surface area contributed by atoms with Crippen molar-refractivity contribution >= 4 is 11.3 Å². The molecular weight excluding hydrogens is 218 g/mol. The number of aromatic nitrogens is 1. The molecule has 0 fully saturated rings. The van der Waals surface area contributed by atoms with Crippen molar-refractivity contribution < 1.29 is 0 Å². The Morgan fingerprint density at radius 2 is 2.44 bits per heavy atom. The van der Waals surface area contributed by atoms with Gasteiger partial charge >= 0.3 is 0 Å². The van der Waals surface area contributed by atoms with Crippen LogP contribution in [0.1, 0.15) is 24.0 Å². The van der Waals surface area contributed by atoms with Crippen molar-refractivity contribution in [3.05, 3.63) is 28.2 Å². The molecular formula is C12H19N3S. The molecule has 4 heteroatoms. The van der Waals surface area contributed by atoms with E-state index in [1.807, 2.05) is 0 Å². The SMILES string of the molecule is CCNCc1nc(CN2CC=CCC2)cs1. The lowest BCUT2D eigenvalue weighted by Crippen LogP contribution is -2.26. The van der Waals surface area contributed by atoms with Gasteiger partial charge in [0.15, 0.2) is 0 Å². The summed E-state index contributed by atoms with van der Waals surface area (Å²) in [4.78, 5) is 7.07. The summed E-state index contributed by atoms with van der Waals surface area (Å²) in [5.41, 5.74) is 1.22. The Bertz CT molecular complexity index is 346. The van der Waals surface area contributed by atoms with Crippen LogP contribution in [-0.2, 0) is 13.1 Å². The van der Waals surface area contributed by atoms with Crippen LogP contribution < -0.4 is 5.32 Å². The third kappa shape index (κ3) is 3.40. The summed E-state index contributed by atoms with van der Waals surface area (Å²) in [5, 5.41) is 6.69. The summed E-state index contributed by atoms with van der Waals surface area (Å²) in [6.07, 6.45) is 5.68. The van der Waals surface area contributed by atoms with Gasteiger partial charge in [0.25, 0.3) is 0 Å². The van der Waals surface area contributed by atoms with E-state index in [2.05, 4.69) is 39.7 Å². The first kappa shape index (κ1) is 11.8. The first-order valence-electron chi connectivity index (χ1n) is 5.90. The Balaban J connectivity index is 1.84. The van der Waals surface area contributed by atoms with E-state index in [4.69, 9.17) is 0 Å². The quantitative estimate of drug-likeness (QED) is 0.794. The molecule has 88 valence electrons. The Hall–Kier alpha value is -0.710. The van der Waals surface area contributed by atoms with Crippen molar-refractivity contribution in [1.29, 1.82) is 0 Å². The van der Waals surface area contributed by atoms with E-state index in [0.717, 1.165) is 32.7 Å². The predicted molar refractivity (Wildman–Crippen MR) is 68.5 cm³/mol. The number of nitrogens with one attached hydrogen (secondary N) is 1. The minimum absolute atomic E-state index is 0.904. The molecule has 0 amide bonds. The number of hydrogen-bond donors (Lipinski definition) is 1. The second-order valence-corrected chi connectivity index (χ2v) is 4.95. The molecule has 2 heterocycles. The fraction of sp³-hybridized carbons (Fsp3) is 0.583. The topological polar surface area (TPSA) is 28.2 Å². The maximum absolute atomic E-state index is 4.63. The molecule has 1 aliphatic heterocycles. The van der Waals surface area contributed by atoms with Gasteiger partial charge in [-0.05, 0) is 13.0 Å². The van der Waals surface area contributed by atoms with Gasteiger partial charge in [-0.3, -0.25) is 4.90 Å². The molecule has 0 saturated carbocycles. The molecule has 3 nitrogen and oxygen atoms in total. The number of nitrogens with zero attached hydrogens (tertiary/aromatic N) is 2. The smallest absolute Gasteiger partial charge is 0.107 e. The number of hydrogen-bond acceptors (Lipinski definition) is 4. The summed E-state index contributed by atoms with van der Waals surface area (Å²) in [7, 11) is 0. The molecule has 16 heavy (non-hydrogen) atoms. The van der Waals surface area contributed by atoms with Gasteiger partial charge in [0, 0.05) is 31.6 Å². The highest BCUT2D eigenvalue weighted by atomic mass is 32.1. The maximum atomic E-state index is 4.63. The molecule has 0 bridgehead atoms. The van der Waals surface area contributed by atoms with E-state index in [0.29, 0.717) is 0 Å². The van der Waals surface area contributed by atoms with Crippen LogP contribution in [0, 0.1) is 0 Å². The second kappa shape index (κ2) is 6.13. The fourth-order valence-electron chi connectivity index (χ4n) is 1.80. The Kier molecular flexibility index (Phi) is 4.51. The third-order valence-corrected chi connectivity index (χ3v) is 3.55. The van der Waals surface area contributed by atoms with E-state index in [1.165, 1.54) is 17.1 Å². The molecule has 2 rings (SSSR count). The maximum Gasteiger partial charge on any atom is 0.107 e. The van der Waals surface area contributed by atoms with Crippen LogP contribution in [0.15, 0.2) is 17.5 Å². The van der Waals surface area contributed by atoms with Crippen molar-refractivity contribution in [1.82, 2.24) is 15.2 Å². The molecule has 1 aromatic heterocycles. The Labute approximate surface area is 101 Å². The third-order valence-electron chi connectivity index (χ3n) is 2.65. The van der Waals surface area contributed by atoms with Crippen molar-refractivity contribution in [2.45, 2.75) is 26.4 Å². The van der Waals surface area contributed by atoms with Crippen LogP contribution >= 0.6 is 11.3 Å². The van der Waals surface area contributed by atoms with Gasteiger partial charge in [-0.2, -0.15) is 0 Å². The summed E-state index contributed by atoms with van der Waals surface area (Å²) < 4.78 is 0. The second-order valence-electron chi connectivity index (χ2n) is 4.01. The number of rotatable bonds is 5. The van der Waals surface area contributed by atoms with E-state index in [-0.39, 0.29) is 0 Å². The minimum atomic E-state index is 0.904. The summed E-state index contributed by atoms with van der Waals surface area (Å²) >= 11 is 1.76. The van der Waals surface area contributed by atoms with Crippen molar-refractivity contribution in [3.63, 3.8) is 0 Å². The van der Waals surface area contributed by atoms with Crippen LogP contribution in [0.25, 0.3) is 0 Å². The largest absolute Gasteiger partial charge is 0.311 e. The highest BCUT2D eigenvalue weighted by Crippen LogP contribution is 2.13. The molecule has 0 unspecified atom stereocenters. The molecule has 0 atom stereocenters. The first-order valence-corrected chi connectivity index (χ1v) is 6.78. The van der Waals surface area contributed by atoms with E-state index in [1.54, 1.807) is 11.3 Å². The lowest BCUT2D eigenvalue weighted by molar-refractivity contribution is 0.287. The molecule has 1 aliphatic rings. The molecule has 0 saturated heterocycles. The average Bonchev–Trinajstić information content (AvgIpc) is 2.75. The average molecular weight is 237 g/mol. The molecule has 0 aromatic carbocycles. The number of thiazole rings is 1. The first-order chi connectivity index (χ1) is 7.88. The zero-order chi connectivity index (χ0) is 11.2. The van der Waals surface area contributed by atoms with E-state index in [9.17, 15) is 0 Å². The molecule has 0 spiro atoms. The van der Waals surface area contributed by atoms with Gasteiger partial charge in [-0.1, -0.05) is 19.1 Å². The molecule has 0 aliphatic carbocycles. The van der Waals surface area contributed by atoms with Gasteiger partial charge < -0.3 is 5.32 Å². The highest BCUT2D eigenvalue weighted by molar-refractivity contribution is 7.09. The predicted octanol–water partition coefficient (Wildman–Crippen LogP) is 2.01. The van der Waals surface area contributed by atoms with E-state index >= 15 is 0 Å². The van der Waals surface area contributed by atoms with Crippen LogP contribution in [0.4, 0.5) is 0 Å². The van der Waals surface area contributed by atoms with Crippen LogP contribution in [0.3, 0.4) is 0 Å². The van der Waals surface area contributed by atoms with Gasteiger partial charge in [0.05, 0.1) is 5.69 Å².